The molecule has 2 heteroatoms. The predicted molar refractivity (Wildman–Crippen MR) is 81.2 cm³/mol. The fourth-order valence-electron chi connectivity index (χ4n) is 2.47. The van der Waals surface area contributed by atoms with Crippen molar-refractivity contribution in [3.8, 4) is 0 Å². The van der Waals surface area contributed by atoms with Gasteiger partial charge in [-0.25, -0.2) is 0 Å². The van der Waals surface area contributed by atoms with Crippen molar-refractivity contribution in [2.45, 2.75) is 33.1 Å². The Bertz CT molecular complexity index is 629. The topological polar surface area (TPSA) is 37.3 Å². The fraction of sp³-hybridized carbons (Fsp3) is 0.278. The van der Waals surface area contributed by atoms with Gasteiger partial charge >= 0.3 is 5.97 Å². The summed E-state index contributed by atoms with van der Waals surface area (Å²) in [7, 11) is 0. The van der Waals surface area contributed by atoms with Gasteiger partial charge in [0.15, 0.2) is 0 Å². The van der Waals surface area contributed by atoms with Crippen LogP contribution in [-0.2, 0) is 11.2 Å². The molecule has 0 spiro atoms. The molecule has 2 rings (SSSR count). The average Bonchev–Trinajstić information content (AvgIpc) is 2.39. The highest BCUT2D eigenvalue weighted by molar-refractivity contribution is 5.76. The SMILES string of the molecule is Cc1cccc(C(Cc2cc(C)ccc2C)C(=O)O)c1. The Balaban J connectivity index is 2.35. The van der Waals surface area contributed by atoms with Gasteiger partial charge < -0.3 is 5.11 Å². The minimum Gasteiger partial charge on any atom is -0.481 e. The van der Waals surface area contributed by atoms with Crippen molar-refractivity contribution in [1.82, 2.24) is 0 Å². The molecule has 0 aliphatic carbocycles. The smallest absolute Gasteiger partial charge is 0.311 e. The maximum Gasteiger partial charge on any atom is 0.311 e. The van der Waals surface area contributed by atoms with E-state index in [1.165, 1.54) is 5.56 Å². The van der Waals surface area contributed by atoms with Crippen molar-refractivity contribution in [2.75, 3.05) is 0 Å². The van der Waals surface area contributed by atoms with Crippen LogP contribution < -0.4 is 0 Å². The second kappa shape index (κ2) is 5.91. The second-order valence-corrected chi connectivity index (χ2v) is 5.44. The number of hydrogen-bond donors (Lipinski definition) is 1. The lowest BCUT2D eigenvalue weighted by molar-refractivity contribution is -0.138. The molecule has 20 heavy (non-hydrogen) atoms. The lowest BCUT2D eigenvalue weighted by atomic mass is 9.89. The number of aryl methyl sites for hydroxylation is 3. The third-order valence-corrected chi connectivity index (χ3v) is 3.67. The van der Waals surface area contributed by atoms with Crippen LogP contribution in [0.1, 0.15) is 33.7 Å². The van der Waals surface area contributed by atoms with E-state index >= 15 is 0 Å². The monoisotopic (exact) mass is 268 g/mol. The van der Waals surface area contributed by atoms with Gasteiger partial charge in [0.1, 0.15) is 0 Å². The maximum atomic E-state index is 11.6. The summed E-state index contributed by atoms with van der Waals surface area (Å²) >= 11 is 0. The quantitative estimate of drug-likeness (QED) is 0.909. The standard InChI is InChI=1S/C18H20O2/c1-12-5-4-6-15(9-12)17(18(19)20)11-16-10-13(2)7-8-14(16)3/h4-10,17H,11H2,1-3H3,(H,19,20). The summed E-state index contributed by atoms with van der Waals surface area (Å²) < 4.78 is 0. The maximum absolute atomic E-state index is 11.6. The third kappa shape index (κ3) is 3.27. The van der Waals surface area contributed by atoms with Crippen LogP contribution in [0.4, 0.5) is 0 Å². The van der Waals surface area contributed by atoms with Crippen LogP contribution in [-0.4, -0.2) is 11.1 Å². The predicted octanol–water partition coefficient (Wildman–Crippen LogP) is 4.02. The molecule has 0 heterocycles. The second-order valence-electron chi connectivity index (χ2n) is 5.44. The molecule has 104 valence electrons. The largest absolute Gasteiger partial charge is 0.481 e. The van der Waals surface area contributed by atoms with Crippen molar-refractivity contribution in [3.05, 3.63) is 70.3 Å². The average molecular weight is 268 g/mol. The zero-order valence-electron chi connectivity index (χ0n) is 12.2. The highest BCUT2D eigenvalue weighted by Crippen LogP contribution is 2.24. The lowest BCUT2D eigenvalue weighted by Gasteiger charge is -2.15. The first kappa shape index (κ1) is 14.3. The summed E-state index contributed by atoms with van der Waals surface area (Å²) in [4.78, 5) is 11.6. The van der Waals surface area contributed by atoms with Gasteiger partial charge in [0.2, 0.25) is 0 Å². The molecule has 0 aromatic heterocycles. The first-order chi connectivity index (χ1) is 9.47. The molecular weight excluding hydrogens is 248 g/mol. The van der Waals surface area contributed by atoms with E-state index in [0.29, 0.717) is 6.42 Å². The molecule has 0 saturated heterocycles. The number of aliphatic carboxylic acids is 1. The van der Waals surface area contributed by atoms with E-state index in [1.807, 2.05) is 45.0 Å². The Morgan fingerprint density at radius 1 is 1.05 bits per heavy atom. The summed E-state index contributed by atoms with van der Waals surface area (Å²) in [6.07, 6.45) is 0.534. The number of hydrogen-bond acceptors (Lipinski definition) is 1. The van der Waals surface area contributed by atoms with E-state index in [9.17, 15) is 9.90 Å². The van der Waals surface area contributed by atoms with Crippen LogP contribution in [0.3, 0.4) is 0 Å². The van der Waals surface area contributed by atoms with Crippen molar-refractivity contribution in [2.24, 2.45) is 0 Å². The third-order valence-electron chi connectivity index (χ3n) is 3.67. The summed E-state index contributed by atoms with van der Waals surface area (Å²) in [5.74, 6) is -1.26. The van der Waals surface area contributed by atoms with E-state index in [4.69, 9.17) is 0 Å². The van der Waals surface area contributed by atoms with Crippen LogP contribution in [0.25, 0.3) is 0 Å². The van der Waals surface area contributed by atoms with Crippen LogP contribution in [0.15, 0.2) is 42.5 Å². The molecule has 0 radical (unpaired) electrons. The van der Waals surface area contributed by atoms with E-state index < -0.39 is 11.9 Å². The number of carbonyl (C=O) groups is 1. The van der Waals surface area contributed by atoms with E-state index in [0.717, 1.165) is 22.3 Å². The number of rotatable bonds is 4. The molecule has 0 saturated carbocycles. The van der Waals surface area contributed by atoms with Crippen molar-refractivity contribution in [3.63, 3.8) is 0 Å². The number of carboxylic acids is 1. The molecule has 0 aliphatic heterocycles. The Morgan fingerprint density at radius 2 is 1.75 bits per heavy atom. The summed E-state index contributed by atoms with van der Waals surface area (Å²) in [6.45, 7) is 6.05. The number of benzene rings is 2. The molecule has 1 N–H and O–H groups in total. The van der Waals surface area contributed by atoms with Crippen molar-refractivity contribution in [1.29, 1.82) is 0 Å². The molecule has 2 aromatic rings. The Labute approximate surface area is 120 Å². The lowest BCUT2D eigenvalue weighted by Crippen LogP contribution is -2.15. The van der Waals surface area contributed by atoms with Gasteiger partial charge in [-0.05, 0) is 43.9 Å². The van der Waals surface area contributed by atoms with E-state index in [1.54, 1.807) is 0 Å². The van der Waals surface area contributed by atoms with Gasteiger partial charge in [0.25, 0.3) is 0 Å². The van der Waals surface area contributed by atoms with Gasteiger partial charge in [0.05, 0.1) is 5.92 Å². The zero-order chi connectivity index (χ0) is 14.7. The molecule has 0 amide bonds. The molecule has 2 nitrogen and oxygen atoms in total. The highest BCUT2D eigenvalue weighted by atomic mass is 16.4. The van der Waals surface area contributed by atoms with Gasteiger partial charge in [-0.1, -0.05) is 53.6 Å². The van der Waals surface area contributed by atoms with Crippen molar-refractivity contribution >= 4 is 5.97 Å². The summed E-state index contributed by atoms with van der Waals surface area (Å²) in [5, 5.41) is 9.54. The highest BCUT2D eigenvalue weighted by Gasteiger charge is 2.21. The molecular formula is C18H20O2. The van der Waals surface area contributed by atoms with Crippen molar-refractivity contribution < 1.29 is 9.90 Å². The Kier molecular flexibility index (Phi) is 4.23. The number of carboxylic acid groups (broad SMARTS) is 1. The molecule has 0 bridgehead atoms. The van der Waals surface area contributed by atoms with Crippen LogP contribution in [0.5, 0.6) is 0 Å². The molecule has 0 aliphatic rings. The van der Waals surface area contributed by atoms with Crippen LogP contribution >= 0.6 is 0 Å². The minimum absolute atomic E-state index is 0.490. The molecule has 1 unspecified atom stereocenters. The van der Waals surface area contributed by atoms with Crippen LogP contribution in [0, 0.1) is 20.8 Å². The first-order valence-electron chi connectivity index (χ1n) is 6.83. The Hall–Kier alpha value is -2.09. The fourth-order valence-corrected chi connectivity index (χ4v) is 2.47. The van der Waals surface area contributed by atoms with Gasteiger partial charge in [0, 0.05) is 0 Å². The first-order valence-corrected chi connectivity index (χ1v) is 6.83. The summed E-state index contributed by atoms with van der Waals surface area (Å²) in [6, 6.07) is 14.0. The van der Waals surface area contributed by atoms with E-state index in [2.05, 4.69) is 18.2 Å². The van der Waals surface area contributed by atoms with Gasteiger partial charge in [-0.2, -0.15) is 0 Å². The normalized spacial score (nSPS) is 12.2. The summed E-state index contributed by atoms with van der Waals surface area (Å²) in [5.41, 5.74) is 5.39. The van der Waals surface area contributed by atoms with Gasteiger partial charge in [-0.15, -0.1) is 0 Å². The molecule has 2 aromatic carbocycles. The van der Waals surface area contributed by atoms with Crippen LogP contribution in [0.2, 0.25) is 0 Å². The van der Waals surface area contributed by atoms with Gasteiger partial charge in [-0.3, -0.25) is 4.79 Å². The zero-order valence-corrected chi connectivity index (χ0v) is 12.2. The Morgan fingerprint density at radius 3 is 2.40 bits per heavy atom. The molecule has 1 atom stereocenters. The molecule has 0 fully saturated rings. The van der Waals surface area contributed by atoms with E-state index in [-0.39, 0.29) is 0 Å². The minimum atomic E-state index is -0.767.